The number of allylic oxidation sites excluding steroid dienone is 10. The Morgan fingerprint density at radius 3 is 2.00 bits per heavy atom. The third-order valence-electron chi connectivity index (χ3n) is 6.84. The summed E-state index contributed by atoms with van der Waals surface area (Å²) in [6.07, 6.45) is 14.4. The van der Waals surface area contributed by atoms with Gasteiger partial charge in [-0.15, -0.1) is 0 Å². The van der Waals surface area contributed by atoms with E-state index >= 15 is 0 Å². The zero-order valence-electron chi connectivity index (χ0n) is 23.8. The van der Waals surface area contributed by atoms with Crippen molar-refractivity contribution < 1.29 is 0 Å². The van der Waals surface area contributed by atoms with Gasteiger partial charge in [0.05, 0.1) is 0 Å². The van der Waals surface area contributed by atoms with Crippen molar-refractivity contribution in [2.24, 2.45) is 0 Å². The predicted molar refractivity (Wildman–Crippen MR) is 170 cm³/mol. The van der Waals surface area contributed by atoms with Gasteiger partial charge in [0.2, 0.25) is 0 Å². The van der Waals surface area contributed by atoms with Crippen LogP contribution in [0.5, 0.6) is 0 Å². The third-order valence-corrected chi connectivity index (χ3v) is 6.84. The molecule has 1 nitrogen and oxygen atoms in total. The van der Waals surface area contributed by atoms with Gasteiger partial charge in [-0.1, -0.05) is 120 Å². The fourth-order valence-electron chi connectivity index (χ4n) is 5.12. The van der Waals surface area contributed by atoms with Crippen molar-refractivity contribution in [2.45, 2.75) is 47.0 Å². The molecule has 0 heterocycles. The van der Waals surface area contributed by atoms with Gasteiger partial charge in [-0.25, -0.2) is 0 Å². The summed E-state index contributed by atoms with van der Waals surface area (Å²) < 4.78 is 0. The number of benzene rings is 3. The van der Waals surface area contributed by atoms with Crippen molar-refractivity contribution in [3.05, 3.63) is 151 Å². The fraction of sp³-hybridized carbons (Fsp3) is 0.189. The molecule has 0 atom stereocenters. The number of fused-ring (bicyclic) bond motifs is 1. The van der Waals surface area contributed by atoms with Crippen molar-refractivity contribution in [3.63, 3.8) is 0 Å². The largest absolute Gasteiger partial charge is 0.310 e. The Morgan fingerprint density at radius 2 is 1.42 bits per heavy atom. The zero-order valence-corrected chi connectivity index (χ0v) is 23.8. The number of anilines is 3. The Kier molecular flexibility index (Phi) is 9.68. The molecule has 0 aliphatic heterocycles. The van der Waals surface area contributed by atoms with Crippen molar-refractivity contribution >= 4 is 28.2 Å². The summed E-state index contributed by atoms with van der Waals surface area (Å²) in [7, 11) is 0. The predicted octanol–water partition coefficient (Wildman–Crippen LogP) is 11.1. The summed E-state index contributed by atoms with van der Waals surface area (Å²) in [5.74, 6) is 0. The molecule has 194 valence electrons. The van der Waals surface area contributed by atoms with Gasteiger partial charge < -0.3 is 4.90 Å². The van der Waals surface area contributed by atoms with Gasteiger partial charge in [0.15, 0.2) is 0 Å². The Bertz CT molecular complexity index is 1380. The van der Waals surface area contributed by atoms with Gasteiger partial charge in [-0.3, -0.25) is 0 Å². The number of hydrogen-bond acceptors (Lipinski definition) is 1. The monoisotopic (exact) mass is 499 g/mol. The average Bonchev–Trinajstić information content (AvgIpc) is 3.16. The van der Waals surface area contributed by atoms with Gasteiger partial charge in [0, 0.05) is 22.5 Å². The van der Waals surface area contributed by atoms with Gasteiger partial charge in [0.25, 0.3) is 0 Å². The number of nitrogens with zero attached hydrogens (tertiary/aromatic N) is 1. The lowest BCUT2D eigenvalue weighted by atomic mass is 9.80. The molecular weight excluding hydrogens is 458 g/mol. The highest BCUT2D eigenvalue weighted by Gasteiger charge is 2.36. The van der Waals surface area contributed by atoms with Crippen molar-refractivity contribution in [1.82, 2.24) is 0 Å². The molecule has 0 saturated carbocycles. The quantitative estimate of drug-likeness (QED) is 0.279. The minimum atomic E-state index is -0.107. The zero-order chi connectivity index (χ0) is 27.7. The lowest BCUT2D eigenvalue weighted by Crippen LogP contribution is -2.17. The minimum absolute atomic E-state index is 0.107. The van der Waals surface area contributed by atoms with E-state index in [1.807, 2.05) is 39.0 Å². The molecule has 0 N–H and O–H groups in total. The molecule has 0 unspecified atom stereocenters. The van der Waals surface area contributed by atoms with Crippen LogP contribution in [-0.4, -0.2) is 0 Å². The van der Waals surface area contributed by atoms with Crippen LogP contribution in [0.15, 0.2) is 134 Å². The van der Waals surface area contributed by atoms with E-state index < -0.39 is 0 Å². The van der Waals surface area contributed by atoms with Crippen LogP contribution in [-0.2, 0) is 5.41 Å². The van der Waals surface area contributed by atoms with Crippen LogP contribution < -0.4 is 4.90 Å². The topological polar surface area (TPSA) is 3.24 Å². The maximum atomic E-state index is 4.12. The average molecular weight is 500 g/mol. The van der Waals surface area contributed by atoms with Gasteiger partial charge in [-0.2, -0.15) is 0 Å². The lowest BCUT2D eigenvalue weighted by molar-refractivity contribution is 0.654. The first-order valence-electron chi connectivity index (χ1n) is 13.5. The molecular formula is C37H41N. The van der Waals surface area contributed by atoms with Crippen LogP contribution in [0.3, 0.4) is 0 Å². The Morgan fingerprint density at radius 1 is 0.789 bits per heavy atom. The Labute approximate surface area is 230 Å². The van der Waals surface area contributed by atoms with Crippen LogP contribution in [0.4, 0.5) is 17.1 Å². The molecule has 38 heavy (non-hydrogen) atoms. The standard InChI is InChI=1S/C35H35N.C2H6/c1-7-14-26(15-8-2)27-19-21-29(22-20-27)36(28-17-12-11-13-18-28)30-23-24-32-31(10-4)33(16-9-3)35(5,6)34(32)25-30;1-2/h7-25H,1,4H2,2-3,5-6H3;1-2H3/b15-8-,16-9-,26-14+;. The van der Waals surface area contributed by atoms with E-state index in [0.717, 1.165) is 28.2 Å². The molecule has 0 spiro atoms. The van der Waals surface area contributed by atoms with Gasteiger partial charge in [0.1, 0.15) is 0 Å². The first-order valence-corrected chi connectivity index (χ1v) is 13.5. The van der Waals surface area contributed by atoms with E-state index in [9.17, 15) is 0 Å². The molecule has 1 aliphatic carbocycles. The van der Waals surface area contributed by atoms with Gasteiger partial charge >= 0.3 is 0 Å². The van der Waals surface area contributed by atoms with E-state index in [1.54, 1.807) is 0 Å². The minimum Gasteiger partial charge on any atom is -0.310 e. The highest BCUT2D eigenvalue weighted by Crippen LogP contribution is 2.49. The fourth-order valence-corrected chi connectivity index (χ4v) is 5.12. The molecule has 0 fully saturated rings. The molecule has 3 aromatic carbocycles. The summed E-state index contributed by atoms with van der Waals surface area (Å²) in [5, 5.41) is 0. The molecule has 0 aromatic heterocycles. The smallest absolute Gasteiger partial charge is 0.0465 e. The molecule has 0 amide bonds. The Balaban J connectivity index is 0.00000195. The van der Waals surface area contributed by atoms with E-state index in [0.29, 0.717) is 0 Å². The second kappa shape index (κ2) is 12.9. The van der Waals surface area contributed by atoms with Crippen LogP contribution in [0.25, 0.3) is 11.1 Å². The lowest BCUT2D eigenvalue weighted by Gasteiger charge is -2.28. The summed E-state index contributed by atoms with van der Waals surface area (Å²) in [6.45, 7) is 20.7. The maximum Gasteiger partial charge on any atom is 0.0465 e. The number of para-hydroxylation sites is 1. The molecule has 0 bridgehead atoms. The van der Waals surface area contributed by atoms with Crippen molar-refractivity contribution in [1.29, 1.82) is 0 Å². The van der Waals surface area contributed by atoms with E-state index in [-0.39, 0.29) is 5.41 Å². The molecule has 4 rings (SSSR count). The van der Waals surface area contributed by atoms with Crippen LogP contribution in [0.2, 0.25) is 0 Å². The Hall–Kier alpha value is -4.10. The van der Waals surface area contributed by atoms with Crippen molar-refractivity contribution in [2.75, 3.05) is 4.90 Å². The molecule has 1 heteroatoms. The molecule has 0 radical (unpaired) electrons. The SMILES string of the molecule is C=C/C=C(\C=C/C)c1ccc(N(c2ccccc2)c2ccc3c(c2)C(C)(C)C(/C=C\C)=C3C=C)cc1.CC. The second-order valence-corrected chi connectivity index (χ2v) is 9.46. The van der Waals surface area contributed by atoms with Crippen LogP contribution in [0, 0.1) is 0 Å². The van der Waals surface area contributed by atoms with E-state index in [1.165, 1.54) is 22.3 Å². The summed E-state index contributed by atoms with van der Waals surface area (Å²) in [5.41, 5.74) is 10.7. The molecule has 3 aromatic rings. The normalized spacial score (nSPS) is 14.3. The maximum absolute atomic E-state index is 4.12. The highest BCUT2D eigenvalue weighted by molar-refractivity contribution is 5.89. The molecule has 1 aliphatic rings. The number of hydrogen-bond donors (Lipinski definition) is 0. The summed E-state index contributed by atoms with van der Waals surface area (Å²) in [6, 6.07) is 26.1. The van der Waals surface area contributed by atoms with Crippen LogP contribution >= 0.6 is 0 Å². The van der Waals surface area contributed by atoms with Gasteiger partial charge in [-0.05, 0) is 83.7 Å². The van der Waals surface area contributed by atoms with Crippen molar-refractivity contribution in [3.8, 4) is 0 Å². The first kappa shape index (κ1) is 28.5. The summed E-state index contributed by atoms with van der Waals surface area (Å²) in [4.78, 5) is 2.33. The van der Waals surface area contributed by atoms with Crippen LogP contribution in [0.1, 0.15) is 58.2 Å². The number of rotatable bonds is 8. The third kappa shape index (κ3) is 5.58. The second-order valence-electron chi connectivity index (χ2n) is 9.46. The first-order chi connectivity index (χ1) is 18.5. The summed E-state index contributed by atoms with van der Waals surface area (Å²) >= 11 is 0. The van der Waals surface area contributed by atoms with E-state index in [2.05, 4.69) is 136 Å². The highest BCUT2D eigenvalue weighted by atomic mass is 15.1. The molecule has 0 saturated heterocycles. The van der Waals surface area contributed by atoms with E-state index in [4.69, 9.17) is 0 Å².